The van der Waals surface area contributed by atoms with E-state index < -0.39 is 15.2 Å². The van der Waals surface area contributed by atoms with Gasteiger partial charge in [0.2, 0.25) is 0 Å². The van der Waals surface area contributed by atoms with E-state index in [0.29, 0.717) is 58.4 Å². The normalized spacial score (nSPS) is 16.1. The number of nitrogens with one attached hydrogen (secondary N) is 2. The van der Waals surface area contributed by atoms with Gasteiger partial charge in [-0.25, -0.2) is 8.42 Å². The molecule has 0 spiro atoms. The van der Waals surface area contributed by atoms with Gasteiger partial charge >= 0.3 is 0 Å². The molecule has 1 atom stereocenters. The second-order valence-corrected chi connectivity index (χ2v) is 11.8. The quantitative estimate of drug-likeness (QED) is 0.256. The van der Waals surface area contributed by atoms with E-state index in [9.17, 15) is 18.3 Å². The lowest BCUT2D eigenvalue weighted by Gasteiger charge is -2.36. The van der Waals surface area contributed by atoms with Crippen LogP contribution in [0.1, 0.15) is 10.4 Å². The van der Waals surface area contributed by atoms with Gasteiger partial charge in [0.1, 0.15) is 5.37 Å². The van der Waals surface area contributed by atoms with Crippen LogP contribution in [0.4, 0.5) is 0 Å². The van der Waals surface area contributed by atoms with Crippen molar-refractivity contribution >= 4 is 42.6 Å². The summed E-state index contributed by atoms with van der Waals surface area (Å²) in [6.07, 6.45) is 2.75. The number of piperazine rings is 1. The van der Waals surface area contributed by atoms with Gasteiger partial charge in [-0.2, -0.15) is 0 Å². The molecule has 1 fully saturated rings. The number of carbonyl (C=O) groups excluding carboxylic acids is 1. The first-order valence-corrected chi connectivity index (χ1v) is 14.1. The molecule has 10 nitrogen and oxygen atoms in total. The number of nitrogens with zero attached hydrogens (tertiary/aromatic N) is 3. The highest BCUT2D eigenvalue weighted by Gasteiger charge is 2.32. The predicted molar refractivity (Wildman–Crippen MR) is 145 cm³/mol. The molecule has 1 saturated heterocycles. The fraction of sp³-hybridized carbons (Fsp3) is 0.360. The third-order valence-corrected chi connectivity index (χ3v) is 9.12. The average Bonchev–Trinajstić information content (AvgIpc) is 3.19. The number of fused-ring (bicyclic) bond motifs is 1. The number of aromatic nitrogens is 2. The van der Waals surface area contributed by atoms with Crippen LogP contribution in [0, 0.1) is 0 Å². The molecular formula is C25H30BrN5O5S. The molecule has 3 N–H and O–H groups in total. The fourth-order valence-corrected chi connectivity index (χ4v) is 6.50. The molecule has 0 bridgehead atoms. The van der Waals surface area contributed by atoms with Crippen LogP contribution < -0.4 is 5.32 Å². The van der Waals surface area contributed by atoms with Gasteiger partial charge in [-0.1, -0.05) is 6.08 Å². The summed E-state index contributed by atoms with van der Waals surface area (Å²) in [5.74, 6) is -0.436. The predicted octanol–water partition coefficient (Wildman–Crippen LogP) is 2.61. The number of methoxy groups -OCH3 is 1. The molecule has 1 aromatic carbocycles. The lowest BCUT2D eigenvalue weighted by atomic mass is 10.1. The van der Waals surface area contributed by atoms with E-state index in [4.69, 9.17) is 4.74 Å². The summed E-state index contributed by atoms with van der Waals surface area (Å²) in [5.41, 5.74) is 1.71. The van der Waals surface area contributed by atoms with Crippen molar-refractivity contribution in [1.29, 1.82) is 0 Å². The molecule has 12 heteroatoms. The van der Waals surface area contributed by atoms with Gasteiger partial charge in [-0.15, -0.1) is 6.58 Å². The molecule has 1 aliphatic rings. The van der Waals surface area contributed by atoms with Crippen molar-refractivity contribution in [2.45, 2.75) is 10.3 Å². The minimum atomic E-state index is -3.75. The van der Waals surface area contributed by atoms with E-state index in [2.05, 4.69) is 42.7 Å². The van der Waals surface area contributed by atoms with Gasteiger partial charge in [0.05, 0.1) is 33.8 Å². The minimum Gasteiger partial charge on any atom is -0.494 e. The summed E-state index contributed by atoms with van der Waals surface area (Å²) >= 11 is 3.41. The van der Waals surface area contributed by atoms with Crippen LogP contribution in [-0.2, 0) is 14.6 Å². The molecule has 1 aliphatic heterocycles. The number of hydrogen-bond acceptors (Lipinski definition) is 8. The molecule has 198 valence electrons. The first-order chi connectivity index (χ1) is 17.7. The van der Waals surface area contributed by atoms with Gasteiger partial charge < -0.3 is 25.0 Å². The number of rotatable bonds is 9. The first-order valence-electron chi connectivity index (χ1n) is 11.7. The topological polar surface area (TPSA) is 128 Å². The summed E-state index contributed by atoms with van der Waals surface area (Å²) in [4.78, 5) is 24.1. The van der Waals surface area contributed by atoms with E-state index in [1.807, 2.05) is 11.9 Å². The Morgan fingerprint density at radius 1 is 1.32 bits per heavy atom. The van der Waals surface area contributed by atoms with E-state index in [1.165, 1.54) is 18.3 Å². The number of carbonyl (C=O) groups is 1. The van der Waals surface area contributed by atoms with Gasteiger partial charge in [0.25, 0.3) is 5.91 Å². The second kappa shape index (κ2) is 11.3. The smallest absolute Gasteiger partial charge is 0.252 e. The van der Waals surface area contributed by atoms with Crippen LogP contribution in [0.3, 0.4) is 0 Å². The maximum atomic E-state index is 13.4. The van der Waals surface area contributed by atoms with Crippen molar-refractivity contribution in [3.05, 3.63) is 53.2 Å². The van der Waals surface area contributed by atoms with Crippen LogP contribution in [-0.4, -0.2) is 98.1 Å². The lowest BCUT2D eigenvalue weighted by molar-refractivity contribution is 0.0936. The Balaban J connectivity index is 1.65. The first kappa shape index (κ1) is 27.3. The fourth-order valence-electron chi connectivity index (χ4n) is 4.38. The summed E-state index contributed by atoms with van der Waals surface area (Å²) in [5, 5.41) is 13.2. The maximum Gasteiger partial charge on any atom is 0.252 e. The zero-order valence-corrected chi connectivity index (χ0v) is 23.1. The highest BCUT2D eigenvalue weighted by molar-refractivity contribution is 9.10. The van der Waals surface area contributed by atoms with Crippen LogP contribution >= 0.6 is 15.9 Å². The summed E-state index contributed by atoms with van der Waals surface area (Å²) in [6.45, 7) is 7.30. The van der Waals surface area contributed by atoms with E-state index in [0.717, 1.165) is 13.1 Å². The largest absolute Gasteiger partial charge is 0.494 e. The second-order valence-electron chi connectivity index (χ2n) is 8.86. The molecule has 1 unspecified atom stereocenters. The number of amides is 1. The van der Waals surface area contributed by atoms with Gasteiger partial charge in [-0.3, -0.25) is 14.7 Å². The Morgan fingerprint density at radius 3 is 2.68 bits per heavy atom. The van der Waals surface area contributed by atoms with Gasteiger partial charge in [-0.05, 0) is 47.2 Å². The number of hydrogen-bond donors (Lipinski definition) is 3. The molecule has 3 aromatic rings. The van der Waals surface area contributed by atoms with E-state index in [1.54, 1.807) is 25.3 Å². The number of likely N-dealkylation sites (N-methyl/N-ethyl adjacent to an activating group) is 1. The van der Waals surface area contributed by atoms with Crippen molar-refractivity contribution < 1.29 is 23.1 Å². The highest BCUT2D eigenvalue weighted by atomic mass is 79.9. The van der Waals surface area contributed by atoms with E-state index >= 15 is 0 Å². The summed E-state index contributed by atoms with van der Waals surface area (Å²) in [6, 6.07) is 6.40. The zero-order chi connectivity index (χ0) is 26.7. The van der Waals surface area contributed by atoms with Crippen LogP contribution in [0.15, 0.2) is 52.5 Å². The molecule has 1 amide bonds. The number of aromatic amines is 1. The summed E-state index contributed by atoms with van der Waals surface area (Å²) < 4.78 is 32.3. The Labute approximate surface area is 224 Å². The zero-order valence-electron chi connectivity index (χ0n) is 20.7. The number of benzene rings is 1. The number of H-pyrrole nitrogens is 1. The third-order valence-electron chi connectivity index (χ3n) is 6.44. The molecular weight excluding hydrogens is 562 g/mol. The summed E-state index contributed by atoms with van der Waals surface area (Å²) in [7, 11) is -0.195. The van der Waals surface area contributed by atoms with Crippen molar-refractivity contribution in [3.8, 4) is 17.1 Å². The number of ether oxygens (including phenoxy) is 1. The molecule has 0 saturated carbocycles. The number of aromatic hydroxyl groups is 1. The molecule has 4 rings (SSSR count). The number of halogens is 1. The molecule has 0 radical (unpaired) electrons. The Hall–Kier alpha value is -2.77. The minimum absolute atomic E-state index is 0.0698. The SMILES string of the molecule is C=CC(N1CCN(C)CC1)S(=O)(=O)c1ccc(-c2c(O)[nH]c3cc(Br)c(C(=O)NCCOC)cc23)nc1. The van der Waals surface area contributed by atoms with Crippen molar-refractivity contribution in [2.24, 2.45) is 0 Å². The van der Waals surface area contributed by atoms with Gasteiger partial charge in [0, 0.05) is 55.9 Å². The molecule has 3 heterocycles. The van der Waals surface area contributed by atoms with Crippen molar-refractivity contribution in [2.75, 3.05) is 53.5 Å². The van der Waals surface area contributed by atoms with Crippen LogP contribution in [0.2, 0.25) is 0 Å². The Bertz CT molecular complexity index is 1400. The molecule has 0 aliphatic carbocycles. The van der Waals surface area contributed by atoms with Crippen LogP contribution in [0.5, 0.6) is 5.88 Å². The highest BCUT2D eigenvalue weighted by Crippen LogP contribution is 2.38. The number of sulfone groups is 1. The molecule has 2 aromatic heterocycles. The number of pyridine rings is 1. The molecule has 37 heavy (non-hydrogen) atoms. The van der Waals surface area contributed by atoms with Crippen LogP contribution in [0.25, 0.3) is 22.2 Å². The van der Waals surface area contributed by atoms with E-state index in [-0.39, 0.29) is 16.7 Å². The standard InChI is InChI=1S/C25H30BrN5O5S/c1-4-22(31-10-8-30(2)9-11-31)37(34,35)16-5-6-20(28-15-16)23-18-13-17(24(32)27-7-12-36-3)19(26)14-21(18)29-25(23)33/h4-6,13-15,22,29,33H,1,7-12H2,2-3H3,(H,27,32). The Kier molecular flexibility index (Phi) is 8.34. The van der Waals surface area contributed by atoms with Crippen molar-refractivity contribution in [3.63, 3.8) is 0 Å². The lowest BCUT2D eigenvalue weighted by Crippen LogP contribution is -2.50. The third kappa shape index (κ3) is 5.58. The monoisotopic (exact) mass is 591 g/mol. The average molecular weight is 593 g/mol. The Morgan fingerprint density at radius 2 is 2.05 bits per heavy atom. The maximum absolute atomic E-state index is 13.4. The van der Waals surface area contributed by atoms with Gasteiger partial charge in [0.15, 0.2) is 15.7 Å². The van der Waals surface area contributed by atoms with Crippen molar-refractivity contribution in [1.82, 2.24) is 25.1 Å².